The van der Waals surface area contributed by atoms with Crippen molar-refractivity contribution >= 4 is 15.7 Å². The summed E-state index contributed by atoms with van der Waals surface area (Å²) < 4.78 is 33.9. The maximum absolute atomic E-state index is 12.0. The predicted octanol–water partition coefficient (Wildman–Crippen LogP) is 1.28. The molecule has 0 fully saturated rings. The second-order valence-corrected chi connectivity index (χ2v) is 8.80. The Morgan fingerprint density at radius 3 is 2.48 bits per heavy atom. The lowest BCUT2D eigenvalue weighted by molar-refractivity contribution is -0.120. The average molecular weight is 341 g/mol. The molecule has 1 heterocycles. The number of benzene rings is 1. The molecule has 1 aromatic carbocycles. The van der Waals surface area contributed by atoms with Crippen LogP contribution >= 0.6 is 0 Å². The predicted molar refractivity (Wildman–Crippen MR) is 87.8 cm³/mol. The zero-order chi connectivity index (χ0) is 17.3. The molecule has 0 bridgehead atoms. The van der Waals surface area contributed by atoms with Gasteiger partial charge >= 0.3 is 0 Å². The molecule has 0 saturated carbocycles. The van der Waals surface area contributed by atoms with Gasteiger partial charge in [-0.05, 0) is 24.6 Å². The Labute approximate surface area is 137 Å². The molecule has 1 aliphatic rings. The highest BCUT2D eigenvalue weighted by Gasteiger charge is 2.28. The third-order valence-electron chi connectivity index (χ3n) is 4.04. The van der Waals surface area contributed by atoms with Crippen molar-refractivity contribution in [2.75, 3.05) is 26.0 Å². The van der Waals surface area contributed by atoms with E-state index in [0.717, 1.165) is 11.8 Å². The summed E-state index contributed by atoms with van der Waals surface area (Å²) in [5.74, 6) is 0.918. The Balaban J connectivity index is 2.08. The molecule has 0 unspecified atom stereocenters. The van der Waals surface area contributed by atoms with Gasteiger partial charge in [0.2, 0.25) is 5.91 Å². The maximum Gasteiger partial charge on any atom is 0.238 e. The molecule has 23 heavy (non-hydrogen) atoms. The summed E-state index contributed by atoms with van der Waals surface area (Å²) in [5, 5.41) is 1.66. The van der Waals surface area contributed by atoms with Gasteiger partial charge in [-0.15, -0.1) is 0 Å². The summed E-state index contributed by atoms with van der Waals surface area (Å²) in [6, 6.07) is 5.69. The lowest BCUT2D eigenvalue weighted by atomic mass is 9.84. The maximum atomic E-state index is 12.0. The average Bonchev–Trinajstić information content (AvgIpc) is 2.50. The fourth-order valence-electron chi connectivity index (χ4n) is 2.21. The van der Waals surface area contributed by atoms with E-state index in [1.165, 1.54) is 6.92 Å². The van der Waals surface area contributed by atoms with Crippen LogP contribution < -0.4 is 14.8 Å². The zero-order valence-electron chi connectivity index (χ0n) is 13.9. The zero-order valence-corrected chi connectivity index (χ0v) is 14.7. The number of hydrogen-bond acceptors (Lipinski definition) is 5. The monoisotopic (exact) mass is 341 g/mol. The fraction of sp³-hybridized carbons (Fsp3) is 0.562. The highest BCUT2D eigenvalue weighted by Crippen LogP contribution is 2.34. The van der Waals surface area contributed by atoms with Gasteiger partial charge in [-0.1, -0.05) is 19.9 Å². The summed E-state index contributed by atoms with van der Waals surface area (Å²) in [4.78, 5) is 12.0. The van der Waals surface area contributed by atoms with Crippen LogP contribution in [0, 0.1) is 0 Å². The minimum absolute atomic E-state index is 0.325. The van der Waals surface area contributed by atoms with Crippen LogP contribution in [0.3, 0.4) is 0 Å². The lowest BCUT2D eigenvalue weighted by Crippen LogP contribution is -2.43. The van der Waals surface area contributed by atoms with Crippen molar-refractivity contribution in [3.05, 3.63) is 23.8 Å². The van der Waals surface area contributed by atoms with Crippen molar-refractivity contribution < 1.29 is 22.7 Å². The number of carbonyl (C=O) groups excluding carboxylic acids is 1. The molecule has 1 aromatic rings. The van der Waals surface area contributed by atoms with Crippen LogP contribution in [0.5, 0.6) is 11.5 Å². The molecule has 0 saturated heterocycles. The number of fused-ring (bicyclic) bond motifs is 1. The minimum atomic E-state index is -3.40. The molecular weight excluding hydrogens is 318 g/mol. The van der Waals surface area contributed by atoms with Gasteiger partial charge in [0.05, 0.1) is 0 Å². The van der Waals surface area contributed by atoms with E-state index in [9.17, 15) is 13.2 Å². The first-order valence-corrected chi connectivity index (χ1v) is 9.43. The smallest absolute Gasteiger partial charge is 0.238 e. The molecule has 1 aliphatic heterocycles. The summed E-state index contributed by atoms with van der Waals surface area (Å²) >= 11 is 0. The van der Waals surface area contributed by atoms with Crippen LogP contribution in [0.25, 0.3) is 0 Å². The number of ether oxygens (including phenoxy) is 2. The van der Waals surface area contributed by atoms with Crippen molar-refractivity contribution in [1.82, 2.24) is 5.32 Å². The number of carbonyl (C=O) groups is 1. The van der Waals surface area contributed by atoms with Crippen LogP contribution in [-0.2, 0) is 20.0 Å². The molecule has 6 nitrogen and oxygen atoms in total. The first-order chi connectivity index (χ1) is 10.6. The van der Waals surface area contributed by atoms with E-state index in [2.05, 4.69) is 5.32 Å². The highest BCUT2D eigenvalue weighted by molar-refractivity contribution is 7.92. The number of rotatable bonds is 5. The topological polar surface area (TPSA) is 81.7 Å². The van der Waals surface area contributed by atoms with E-state index in [-0.39, 0.29) is 5.41 Å². The van der Waals surface area contributed by atoms with E-state index >= 15 is 0 Å². The van der Waals surface area contributed by atoms with Gasteiger partial charge < -0.3 is 14.8 Å². The Bertz CT molecular complexity index is 696. The van der Waals surface area contributed by atoms with E-state index < -0.39 is 21.0 Å². The lowest BCUT2D eigenvalue weighted by Gasteiger charge is -2.28. The van der Waals surface area contributed by atoms with Gasteiger partial charge in [0.1, 0.15) is 18.5 Å². The molecule has 1 atom stereocenters. The van der Waals surface area contributed by atoms with Gasteiger partial charge in [-0.25, -0.2) is 8.42 Å². The van der Waals surface area contributed by atoms with Crippen LogP contribution in [0.1, 0.15) is 26.3 Å². The number of hydrogen-bond donors (Lipinski definition) is 1. The Morgan fingerprint density at radius 2 is 1.87 bits per heavy atom. The summed E-state index contributed by atoms with van der Waals surface area (Å²) in [6.07, 6.45) is 1.06. The van der Waals surface area contributed by atoms with Crippen LogP contribution in [0.2, 0.25) is 0 Å². The molecule has 1 N–H and O–H groups in total. The third kappa shape index (κ3) is 4.16. The fourth-order valence-corrected chi connectivity index (χ4v) is 2.68. The summed E-state index contributed by atoms with van der Waals surface area (Å²) in [5.41, 5.74) is 0.608. The molecule has 2 rings (SSSR count). The molecular formula is C16H23NO5S. The minimum Gasteiger partial charge on any atom is -0.486 e. The summed E-state index contributed by atoms with van der Waals surface area (Å²) in [6.45, 7) is 6.72. The molecule has 0 radical (unpaired) electrons. The molecule has 7 heteroatoms. The van der Waals surface area contributed by atoms with E-state index in [1.54, 1.807) is 0 Å². The molecule has 0 aromatic heterocycles. The standard InChI is InChI=1S/C16H23NO5S/c1-11(23(4,19)20)15(18)17-10-16(2,3)12-5-6-13-14(9-12)22-8-7-21-13/h5-6,9,11H,7-8,10H2,1-4H3,(H,17,18)/t11-/m1/s1. The number of sulfone groups is 1. The van der Waals surface area contributed by atoms with Crippen LogP contribution in [-0.4, -0.2) is 45.6 Å². The van der Waals surface area contributed by atoms with Gasteiger partial charge in [-0.3, -0.25) is 4.79 Å². The van der Waals surface area contributed by atoms with Crippen LogP contribution in [0.4, 0.5) is 0 Å². The Kier molecular flexibility index (Phi) is 4.89. The van der Waals surface area contributed by atoms with E-state index in [0.29, 0.717) is 31.3 Å². The molecule has 0 aliphatic carbocycles. The van der Waals surface area contributed by atoms with Gasteiger partial charge in [0.15, 0.2) is 21.3 Å². The second kappa shape index (κ2) is 6.39. The number of nitrogens with one attached hydrogen (secondary N) is 1. The molecule has 0 spiro atoms. The van der Waals surface area contributed by atoms with E-state index in [4.69, 9.17) is 9.47 Å². The second-order valence-electron chi connectivity index (χ2n) is 6.43. The van der Waals surface area contributed by atoms with Crippen molar-refractivity contribution in [1.29, 1.82) is 0 Å². The Hall–Kier alpha value is -1.76. The molecule has 1 amide bonds. The first kappa shape index (κ1) is 17.6. The SMILES string of the molecule is C[C@H](C(=O)NCC(C)(C)c1ccc2c(c1)OCCO2)S(C)(=O)=O. The van der Waals surface area contributed by atoms with Crippen molar-refractivity contribution in [3.63, 3.8) is 0 Å². The first-order valence-electron chi connectivity index (χ1n) is 7.48. The highest BCUT2D eigenvalue weighted by atomic mass is 32.2. The van der Waals surface area contributed by atoms with E-state index in [1.807, 2.05) is 32.0 Å². The normalized spacial score (nSPS) is 15.8. The van der Waals surface area contributed by atoms with Crippen molar-refractivity contribution in [2.45, 2.75) is 31.4 Å². The van der Waals surface area contributed by atoms with Crippen molar-refractivity contribution in [3.8, 4) is 11.5 Å². The van der Waals surface area contributed by atoms with Gasteiger partial charge in [0, 0.05) is 18.2 Å². The largest absolute Gasteiger partial charge is 0.486 e. The summed E-state index contributed by atoms with van der Waals surface area (Å²) in [7, 11) is -3.40. The number of amides is 1. The van der Waals surface area contributed by atoms with Crippen LogP contribution in [0.15, 0.2) is 18.2 Å². The quantitative estimate of drug-likeness (QED) is 0.872. The molecule has 128 valence electrons. The third-order valence-corrected chi connectivity index (χ3v) is 5.54. The van der Waals surface area contributed by atoms with Gasteiger partial charge in [-0.2, -0.15) is 0 Å². The van der Waals surface area contributed by atoms with Gasteiger partial charge in [0.25, 0.3) is 0 Å². The Morgan fingerprint density at radius 1 is 1.26 bits per heavy atom. The van der Waals surface area contributed by atoms with Crippen molar-refractivity contribution in [2.24, 2.45) is 0 Å².